The molecule has 1 fully saturated rings. The molecule has 8 nitrogen and oxygen atoms in total. The van der Waals surface area contributed by atoms with Crippen molar-refractivity contribution >= 4 is 5.91 Å². The van der Waals surface area contributed by atoms with Crippen molar-refractivity contribution in [2.75, 3.05) is 6.61 Å². The van der Waals surface area contributed by atoms with Gasteiger partial charge in [-0.3, -0.25) is 4.79 Å². The van der Waals surface area contributed by atoms with Crippen LogP contribution in [0.25, 0.3) is 0 Å². The van der Waals surface area contributed by atoms with Gasteiger partial charge in [-0.1, -0.05) is 5.21 Å². The number of rotatable bonds is 3. The van der Waals surface area contributed by atoms with Crippen LogP contribution in [0.2, 0.25) is 0 Å². The number of alkyl halides is 1. The lowest BCUT2D eigenvalue weighted by atomic mass is 10.1. The maximum Gasteiger partial charge on any atom is 0.268 e. The number of hydrogen-bond acceptors (Lipinski definition) is 6. The lowest BCUT2D eigenvalue weighted by Crippen LogP contribution is -2.31. The number of aliphatic hydroxyl groups excluding tert-OH is 2. The van der Waals surface area contributed by atoms with Gasteiger partial charge in [0.25, 0.3) is 5.91 Å². The Balaban J connectivity index is 2.29. The molecule has 0 aliphatic carbocycles. The van der Waals surface area contributed by atoms with E-state index in [0.717, 1.165) is 10.9 Å². The number of ether oxygens (including phenoxy) is 1. The second kappa shape index (κ2) is 4.35. The van der Waals surface area contributed by atoms with E-state index in [4.69, 9.17) is 15.6 Å². The van der Waals surface area contributed by atoms with Gasteiger partial charge >= 0.3 is 0 Å². The summed E-state index contributed by atoms with van der Waals surface area (Å²) < 4.78 is 19.6. The molecule has 94 valence electrons. The third kappa shape index (κ3) is 1.88. The predicted molar refractivity (Wildman–Crippen MR) is 50.4 cm³/mol. The molecule has 1 aromatic rings. The minimum Gasteiger partial charge on any atom is -0.394 e. The van der Waals surface area contributed by atoms with E-state index >= 15 is 0 Å². The lowest BCUT2D eigenvalue weighted by Gasteiger charge is -2.14. The minimum atomic E-state index is -1.83. The molecule has 4 N–H and O–H groups in total. The van der Waals surface area contributed by atoms with E-state index in [1.54, 1.807) is 0 Å². The maximum absolute atomic E-state index is 13.7. The molecule has 0 saturated carbocycles. The first kappa shape index (κ1) is 11.9. The standard InChI is InChI=1S/C8H11FN4O4/c9-5-6(15)4(2-14)17-8(5)13-3(7(10)16)1-11-12-13/h1,4-6,8,14-15H,2H2,(H2,10,16)/t4-,5+,6-,8-/m0/s1. The van der Waals surface area contributed by atoms with Crippen LogP contribution in [0.3, 0.4) is 0 Å². The molecule has 0 unspecified atom stereocenters. The number of halogens is 1. The second-order valence-corrected chi connectivity index (χ2v) is 3.61. The van der Waals surface area contributed by atoms with Crippen LogP contribution < -0.4 is 5.73 Å². The van der Waals surface area contributed by atoms with Crippen LogP contribution in [0, 0.1) is 0 Å². The Labute approximate surface area is 94.8 Å². The average molecular weight is 246 g/mol. The van der Waals surface area contributed by atoms with Gasteiger partial charge in [0.15, 0.2) is 12.4 Å². The van der Waals surface area contributed by atoms with Crippen LogP contribution in [0.5, 0.6) is 0 Å². The number of carbonyl (C=O) groups excluding carboxylic acids is 1. The molecule has 4 atom stereocenters. The summed E-state index contributed by atoms with van der Waals surface area (Å²) in [6.45, 7) is -0.543. The van der Waals surface area contributed by atoms with Crippen LogP contribution in [0.4, 0.5) is 4.39 Å². The Hall–Kier alpha value is -1.58. The molecule has 1 aliphatic heterocycles. The predicted octanol–water partition coefficient (Wildman–Crippen LogP) is -2.03. The fourth-order valence-electron chi connectivity index (χ4n) is 1.66. The molecule has 17 heavy (non-hydrogen) atoms. The summed E-state index contributed by atoms with van der Waals surface area (Å²) >= 11 is 0. The van der Waals surface area contributed by atoms with Crippen molar-refractivity contribution < 1.29 is 24.1 Å². The Morgan fingerprint density at radius 2 is 2.41 bits per heavy atom. The van der Waals surface area contributed by atoms with Gasteiger partial charge in [-0.2, -0.15) is 0 Å². The number of carbonyl (C=O) groups is 1. The number of aliphatic hydroxyl groups is 2. The second-order valence-electron chi connectivity index (χ2n) is 3.61. The Morgan fingerprint density at radius 1 is 1.71 bits per heavy atom. The summed E-state index contributed by atoms with van der Waals surface area (Å²) in [6, 6.07) is 0. The summed E-state index contributed by atoms with van der Waals surface area (Å²) in [5, 5.41) is 25.2. The molecule has 0 spiro atoms. The van der Waals surface area contributed by atoms with Gasteiger partial charge < -0.3 is 20.7 Å². The van der Waals surface area contributed by atoms with Gasteiger partial charge in [0, 0.05) is 0 Å². The average Bonchev–Trinajstić information content (AvgIpc) is 2.86. The third-order valence-electron chi connectivity index (χ3n) is 2.54. The highest BCUT2D eigenvalue weighted by Gasteiger charge is 2.46. The fraction of sp³-hybridized carbons (Fsp3) is 0.625. The van der Waals surface area contributed by atoms with Crippen LogP contribution in [-0.2, 0) is 4.74 Å². The molecule has 1 amide bonds. The zero-order valence-corrected chi connectivity index (χ0v) is 8.60. The van der Waals surface area contributed by atoms with E-state index in [2.05, 4.69) is 10.3 Å². The van der Waals surface area contributed by atoms with E-state index in [0.29, 0.717) is 0 Å². The normalized spacial score (nSPS) is 32.9. The molecule has 0 radical (unpaired) electrons. The van der Waals surface area contributed by atoms with Crippen molar-refractivity contribution in [1.82, 2.24) is 15.0 Å². The van der Waals surface area contributed by atoms with Gasteiger partial charge in [0.1, 0.15) is 17.9 Å². The van der Waals surface area contributed by atoms with Crippen LogP contribution in [0.1, 0.15) is 16.7 Å². The van der Waals surface area contributed by atoms with E-state index in [1.807, 2.05) is 0 Å². The highest BCUT2D eigenvalue weighted by atomic mass is 19.1. The maximum atomic E-state index is 13.7. The van der Waals surface area contributed by atoms with Gasteiger partial charge in [0.2, 0.25) is 0 Å². The van der Waals surface area contributed by atoms with Crippen LogP contribution >= 0.6 is 0 Å². The number of primary amides is 1. The molecule has 1 saturated heterocycles. The van der Waals surface area contributed by atoms with Gasteiger partial charge in [-0.15, -0.1) is 5.10 Å². The van der Waals surface area contributed by atoms with E-state index in [-0.39, 0.29) is 5.69 Å². The largest absolute Gasteiger partial charge is 0.394 e. The highest BCUT2D eigenvalue weighted by Crippen LogP contribution is 2.31. The molecule has 2 rings (SSSR count). The zero-order valence-electron chi connectivity index (χ0n) is 8.60. The zero-order chi connectivity index (χ0) is 12.6. The Kier molecular flexibility index (Phi) is 3.05. The topological polar surface area (TPSA) is 123 Å². The number of aromatic nitrogens is 3. The smallest absolute Gasteiger partial charge is 0.268 e. The van der Waals surface area contributed by atoms with E-state index < -0.39 is 37.1 Å². The van der Waals surface area contributed by atoms with Crippen molar-refractivity contribution in [3.63, 3.8) is 0 Å². The van der Waals surface area contributed by atoms with Crippen LogP contribution in [0.15, 0.2) is 6.20 Å². The third-order valence-corrected chi connectivity index (χ3v) is 2.54. The van der Waals surface area contributed by atoms with Gasteiger partial charge in [-0.25, -0.2) is 9.07 Å². The molecule has 0 aromatic carbocycles. The lowest BCUT2D eigenvalue weighted by molar-refractivity contribution is -0.0534. The number of nitrogens with zero attached hydrogens (tertiary/aromatic N) is 3. The van der Waals surface area contributed by atoms with Crippen LogP contribution in [-0.4, -0.2) is 56.1 Å². The summed E-state index contributed by atoms with van der Waals surface area (Å²) in [7, 11) is 0. The summed E-state index contributed by atoms with van der Waals surface area (Å²) in [5.41, 5.74) is 4.91. The molecule has 2 heterocycles. The molecule has 9 heteroatoms. The Bertz CT molecular complexity index is 425. The summed E-state index contributed by atoms with van der Waals surface area (Å²) in [5.74, 6) is -0.840. The van der Waals surface area contributed by atoms with Crippen molar-refractivity contribution in [2.24, 2.45) is 5.73 Å². The van der Waals surface area contributed by atoms with E-state index in [1.165, 1.54) is 0 Å². The Morgan fingerprint density at radius 3 is 2.94 bits per heavy atom. The highest BCUT2D eigenvalue weighted by molar-refractivity contribution is 5.90. The summed E-state index contributed by atoms with van der Waals surface area (Å²) in [6.07, 6.45) is -4.65. The van der Waals surface area contributed by atoms with Crippen molar-refractivity contribution in [2.45, 2.75) is 24.6 Å². The van der Waals surface area contributed by atoms with Crippen molar-refractivity contribution in [3.8, 4) is 0 Å². The summed E-state index contributed by atoms with van der Waals surface area (Å²) in [4.78, 5) is 11.0. The molecule has 0 bridgehead atoms. The minimum absolute atomic E-state index is 0.136. The quantitative estimate of drug-likeness (QED) is 0.565. The SMILES string of the molecule is NC(=O)c1cnnn1[C@H]1O[C@@H](CO)[C@H](O)[C@H]1F. The fourth-order valence-corrected chi connectivity index (χ4v) is 1.66. The molecular formula is C8H11FN4O4. The first-order valence-electron chi connectivity index (χ1n) is 4.84. The van der Waals surface area contributed by atoms with Gasteiger partial charge in [-0.05, 0) is 0 Å². The number of amides is 1. The molecule has 1 aliphatic rings. The first-order chi connectivity index (χ1) is 8.06. The first-order valence-corrected chi connectivity index (χ1v) is 4.84. The number of hydrogen-bond donors (Lipinski definition) is 3. The van der Waals surface area contributed by atoms with E-state index in [9.17, 15) is 14.3 Å². The van der Waals surface area contributed by atoms with Gasteiger partial charge in [0.05, 0.1) is 12.8 Å². The van der Waals surface area contributed by atoms with Crippen molar-refractivity contribution in [3.05, 3.63) is 11.9 Å². The molecular weight excluding hydrogens is 235 g/mol. The number of nitrogens with two attached hydrogens (primary N) is 1. The van der Waals surface area contributed by atoms with Crippen molar-refractivity contribution in [1.29, 1.82) is 0 Å². The molecule has 1 aromatic heterocycles. The monoisotopic (exact) mass is 246 g/mol.